The van der Waals surface area contributed by atoms with Crippen LogP contribution in [0, 0.1) is 0 Å². The number of rotatable bonds is 12. The van der Waals surface area contributed by atoms with Crippen LogP contribution < -0.4 is 16.4 Å². The van der Waals surface area contributed by atoms with Crippen molar-refractivity contribution in [2.75, 3.05) is 6.54 Å². The van der Waals surface area contributed by atoms with Crippen molar-refractivity contribution < 1.29 is 34.2 Å². The van der Waals surface area contributed by atoms with Crippen LogP contribution in [0.2, 0.25) is 0 Å². The highest BCUT2D eigenvalue weighted by molar-refractivity contribution is 5.96. The quantitative estimate of drug-likeness (QED) is 0.154. The summed E-state index contributed by atoms with van der Waals surface area (Å²) in [6.07, 6.45) is 4.64. The fourth-order valence-corrected chi connectivity index (χ4v) is 4.87. The van der Waals surface area contributed by atoms with Gasteiger partial charge in [-0.05, 0) is 30.9 Å². The molecule has 14 nitrogen and oxygen atoms in total. The largest absolute Gasteiger partial charge is 0.481 e. The number of aromatic amines is 2. The summed E-state index contributed by atoms with van der Waals surface area (Å²) in [5, 5.41) is 24.8. The highest BCUT2D eigenvalue weighted by atomic mass is 16.4. The van der Waals surface area contributed by atoms with E-state index in [0.717, 1.165) is 21.4 Å². The standard InChI is InChI=1S/C26H31N7O7/c27-17(8-14-11-29-18-5-2-1-4-16(14)18)23(36)31-19(9-15-12-28-13-30-15)24(37)32-20(10-22(34)35)25(38)33-7-3-6-21(33)26(39)40/h1-2,4-5,11-13,17,19-21,29H,3,6-10,27H2,(H,28,30)(H,31,36)(H,32,37)(H,34,35)(H,39,40). The molecule has 0 bridgehead atoms. The third-order valence-electron chi connectivity index (χ3n) is 6.88. The van der Waals surface area contributed by atoms with Crippen LogP contribution in [0.1, 0.15) is 30.5 Å². The molecular weight excluding hydrogens is 522 g/mol. The minimum absolute atomic E-state index is 0.0488. The number of amides is 3. The van der Waals surface area contributed by atoms with Crippen LogP contribution in [0.15, 0.2) is 43.0 Å². The van der Waals surface area contributed by atoms with Gasteiger partial charge in [-0.15, -0.1) is 0 Å². The second kappa shape index (κ2) is 12.4. The van der Waals surface area contributed by atoms with Gasteiger partial charge in [-0.2, -0.15) is 0 Å². The summed E-state index contributed by atoms with van der Waals surface area (Å²) in [5.41, 5.74) is 8.39. The molecule has 1 aliphatic heterocycles. The minimum Gasteiger partial charge on any atom is -0.481 e. The highest BCUT2D eigenvalue weighted by Crippen LogP contribution is 2.20. The molecule has 3 aromatic rings. The lowest BCUT2D eigenvalue weighted by Crippen LogP contribution is -2.58. The summed E-state index contributed by atoms with van der Waals surface area (Å²) in [6, 6.07) is 2.64. The first kappa shape index (κ1) is 28.3. The Bertz CT molecular complexity index is 1390. The van der Waals surface area contributed by atoms with Crippen molar-refractivity contribution in [3.8, 4) is 0 Å². The molecule has 4 unspecified atom stereocenters. The van der Waals surface area contributed by atoms with Crippen molar-refractivity contribution in [1.82, 2.24) is 30.5 Å². The molecule has 1 saturated heterocycles. The number of H-pyrrole nitrogens is 2. The fraction of sp³-hybridized carbons (Fsp3) is 0.385. The maximum atomic E-state index is 13.4. The number of carbonyl (C=O) groups excluding carboxylic acids is 3. The topological polar surface area (TPSA) is 224 Å². The number of imidazole rings is 1. The van der Waals surface area contributed by atoms with E-state index in [1.165, 1.54) is 12.5 Å². The highest BCUT2D eigenvalue weighted by Gasteiger charge is 2.39. The predicted octanol–water partition coefficient (Wildman–Crippen LogP) is -0.477. The number of fused-ring (bicyclic) bond motifs is 1. The zero-order valence-electron chi connectivity index (χ0n) is 21.5. The van der Waals surface area contributed by atoms with E-state index < -0.39 is 60.2 Å². The molecule has 40 heavy (non-hydrogen) atoms. The van der Waals surface area contributed by atoms with Crippen molar-refractivity contribution >= 4 is 40.6 Å². The number of carbonyl (C=O) groups is 5. The molecule has 0 spiro atoms. The average molecular weight is 554 g/mol. The van der Waals surface area contributed by atoms with Crippen LogP contribution in [-0.4, -0.2) is 90.4 Å². The zero-order chi connectivity index (χ0) is 28.8. The number of aliphatic carboxylic acids is 2. The monoisotopic (exact) mass is 553 g/mol. The lowest BCUT2D eigenvalue weighted by Gasteiger charge is -2.28. The molecule has 2 aromatic heterocycles. The number of hydrogen-bond acceptors (Lipinski definition) is 7. The van der Waals surface area contributed by atoms with Gasteiger partial charge in [-0.1, -0.05) is 18.2 Å². The molecule has 1 aromatic carbocycles. The van der Waals surface area contributed by atoms with Gasteiger partial charge in [0.2, 0.25) is 17.7 Å². The lowest BCUT2D eigenvalue weighted by molar-refractivity contribution is -0.150. The number of nitrogens with one attached hydrogen (secondary N) is 4. The Balaban J connectivity index is 1.49. The van der Waals surface area contributed by atoms with Crippen molar-refractivity contribution in [3.05, 3.63) is 54.2 Å². The van der Waals surface area contributed by atoms with Crippen LogP contribution in [-0.2, 0) is 36.8 Å². The van der Waals surface area contributed by atoms with E-state index >= 15 is 0 Å². The smallest absolute Gasteiger partial charge is 0.326 e. The van der Waals surface area contributed by atoms with Crippen molar-refractivity contribution in [2.45, 2.75) is 56.3 Å². The average Bonchev–Trinajstić information content (AvgIpc) is 3.69. The maximum Gasteiger partial charge on any atom is 0.326 e. The molecule has 4 atom stereocenters. The Morgan fingerprint density at radius 3 is 2.50 bits per heavy atom. The zero-order valence-corrected chi connectivity index (χ0v) is 21.5. The molecule has 14 heteroatoms. The predicted molar refractivity (Wildman–Crippen MR) is 141 cm³/mol. The number of aromatic nitrogens is 3. The minimum atomic E-state index is -1.54. The van der Waals surface area contributed by atoms with Gasteiger partial charge in [0.15, 0.2) is 0 Å². The lowest BCUT2D eigenvalue weighted by atomic mass is 10.0. The van der Waals surface area contributed by atoms with Crippen LogP contribution in [0.25, 0.3) is 10.9 Å². The molecule has 1 aliphatic rings. The number of nitrogens with zero attached hydrogens (tertiary/aromatic N) is 2. The number of likely N-dealkylation sites (tertiary alicyclic amines) is 1. The van der Waals surface area contributed by atoms with Gasteiger partial charge in [0.1, 0.15) is 18.1 Å². The van der Waals surface area contributed by atoms with Gasteiger partial charge in [0, 0.05) is 42.0 Å². The molecule has 0 radical (unpaired) electrons. The van der Waals surface area contributed by atoms with Gasteiger partial charge < -0.3 is 41.4 Å². The van der Waals surface area contributed by atoms with E-state index in [4.69, 9.17) is 5.73 Å². The number of benzene rings is 1. The first-order valence-electron chi connectivity index (χ1n) is 12.8. The number of carboxylic acids is 2. The van der Waals surface area contributed by atoms with E-state index in [1.807, 2.05) is 24.3 Å². The fourth-order valence-electron chi connectivity index (χ4n) is 4.87. The van der Waals surface area contributed by atoms with Crippen LogP contribution in [0.3, 0.4) is 0 Å². The van der Waals surface area contributed by atoms with Crippen molar-refractivity contribution in [1.29, 1.82) is 0 Å². The summed E-state index contributed by atoms with van der Waals surface area (Å²) < 4.78 is 0. The number of carboxylic acid groups (broad SMARTS) is 2. The summed E-state index contributed by atoms with van der Waals surface area (Å²) in [6.45, 7) is 0.124. The Hall–Kier alpha value is -4.72. The molecule has 212 valence electrons. The third kappa shape index (κ3) is 6.64. The number of hydrogen-bond donors (Lipinski definition) is 7. The SMILES string of the molecule is NC(Cc1c[nH]c2ccccc12)C(=O)NC(Cc1cnc[nH]1)C(=O)NC(CC(=O)O)C(=O)N1CCCC1C(=O)O. The van der Waals surface area contributed by atoms with E-state index in [9.17, 15) is 34.2 Å². The molecule has 0 aliphatic carbocycles. The number of para-hydroxylation sites is 1. The van der Waals surface area contributed by atoms with E-state index in [-0.39, 0.29) is 25.8 Å². The Kier molecular flexibility index (Phi) is 8.79. The van der Waals surface area contributed by atoms with Crippen molar-refractivity contribution in [3.63, 3.8) is 0 Å². The first-order valence-corrected chi connectivity index (χ1v) is 12.8. The molecule has 8 N–H and O–H groups in total. The third-order valence-corrected chi connectivity index (χ3v) is 6.88. The van der Waals surface area contributed by atoms with Crippen LogP contribution in [0.5, 0.6) is 0 Å². The summed E-state index contributed by atoms with van der Waals surface area (Å²) in [4.78, 5) is 73.6. The van der Waals surface area contributed by atoms with E-state index in [1.54, 1.807) is 6.20 Å². The van der Waals surface area contributed by atoms with Crippen molar-refractivity contribution in [2.24, 2.45) is 5.73 Å². The Morgan fingerprint density at radius 1 is 1.05 bits per heavy atom. The van der Waals surface area contributed by atoms with Crippen LogP contribution in [0.4, 0.5) is 0 Å². The number of nitrogens with two attached hydrogens (primary N) is 1. The summed E-state index contributed by atoms with van der Waals surface area (Å²) in [7, 11) is 0. The molecule has 0 saturated carbocycles. The summed E-state index contributed by atoms with van der Waals surface area (Å²) in [5.74, 6) is -4.84. The Morgan fingerprint density at radius 2 is 1.80 bits per heavy atom. The van der Waals surface area contributed by atoms with E-state index in [0.29, 0.717) is 12.1 Å². The molecule has 3 heterocycles. The normalized spacial score (nSPS) is 17.2. The summed E-state index contributed by atoms with van der Waals surface area (Å²) >= 11 is 0. The van der Waals surface area contributed by atoms with Gasteiger partial charge in [-0.3, -0.25) is 19.2 Å². The molecule has 1 fully saturated rings. The molecule has 3 amide bonds. The first-order chi connectivity index (χ1) is 19.1. The maximum absolute atomic E-state index is 13.4. The molecular formula is C26H31N7O7. The second-order valence-electron chi connectivity index (χ2n) is 9.70. The second-order valence-corrected chi connectivity index (χ2v) is 9.70. The van der Waals surface area contributed by atoms with Crippen LogP contribution >= 0.6 is 0 Å². The van der Waals surface area contributed by atoms with Gasteiger partial charge in [-0.25, -0.2) is 9.78 Å². The Labute approximate surface area is 228 Å². The van der Waals surface area contributed by atoms with Gasteiger partial charge >= 0.3 is 11.9 Å². The molecule has 4 rings (SSSR count). The van der Waals surface area contributed by atoms with Gasteiger partial charge in [0.05, 0.1) is 18.8 Å². The van der Waals surface area contributed by atoms with E-state index in [2.05, 4.69) is 25.6 Å². The van der Waals surface area contributed by atoms with Gasteiger partial charge in [0.25, 0.3) is 0 Å².